The average molecular weight is 319 g/mol. The van der Waals surface area contributed by atoms with E-state index in [9.17, 15) is 9.59 Å². The zero-order valence-corrected chi connectivity index (χ0v) is 15.2. The average Bonchev–Trinajstić information content (AvgIpc) is 2.41. The molecule has 4 nitrogen and oxygen atoms in total. The lowest BCUT2D eigenvalue weighted by atomic mass is 9.82. The van der Waals surface area contributed by atoms with Gasteiger partial charge in [0.1, 0.15) is 0 Å². The van der Waals surface area contributed by atoms with Crippen LogP contribution in [0.5, 0.6) is 0 Å². The Morgan fingerprint density at radius 2 is 1.61 bits per heavy atom. The molecule has 0 atom stereocenters. The van der Waals surface area contributed by atoms with E-state index in [1.807, 2.05) is 26.0 Å². The Morgan fingerprint density at radius 3 is 2.09 bits per heavy atom. The quantitative estimate of drug-likeness (QED) is 0.813. The second-order valence-corrected chi connectivity index (χ2v) is 7.80. The molecule has 0 heterocycles. The summed E-state index contributed by atoms with van der Waals surface area (Å²) >= 11 is 0. The molecule has 23 heavy (non-hydrogen) atoms. The minimum atomic E-state index is -0.476. The molecule has 1 aromatic rings. The summed E-state index contributed by atoms with van der Waals surface area (Å²) in [6.45, 7) is 12.1. The monoisotopic (exact) mass is 319 g/mol. The van der Waals surface area contributed by atoms with Gasteiger partial charge in [-0.2, -0.15) is 0 Å². The van der Waals surface area contributed by atoms with Crippen molar-refractivity contribution < 1.29 is 14.3 Å². The number of amides is 1. The largest absolute Gasteiger partial charge is 0.452 e. The van der Waals surface area contributed by atoms with Crippen molar-refractivity contribution in [1.82, 2.24) is 5.32 Å². The fraction of sp³-hybridized carbons (Fsp3) is 0.579. The Balaban J connectivity index is 2.50. The zero-order chi connectivity index (χ0) is 17.7. The van der Waals surface area contributed by atoms with E-state index in [4.69, 9.17) is 4.74 Å². The second kappa shape index (κ2) is 7.62. The van der Waals surface area contributed by atoms with Gasteiger partial charge < -0.3 is 10.1 Å². The number of esters is 1. The van der Waals surface area contributed by atoms with Gasteiger partial charge in [0.25, 0.3) is 5.91 Å². The van der Waals surface area contributed by atoms with Gasteiger partial charge in [-0.3, -0.25) is 4.79 Å². The molecule has 4 heteroatoms. The van der Waals surface area contributed by atoms with Gasteiger partial charge in [-0.15, -0.1) is 0 Å². The summed E-state index contributed by atoms with van der Waals surface area (Å²) in [5, 5.41) is 2.92. The zero-order valence-electron chi connectivity index (χ0n) is 15.2. The highest BCUT2D eigenvalue weighted by Crippen LogP contribution is 2.26. The topological polar surface area (TPSA) is 55.4 Å². The first-order valence-corrected chi connectivity index (χ1v) is 8.09. The van der Waals surface area contributed by atoms with Crippen molar-refractivity contribution in [3.8, 4) is 0 Å². The van der Waals surface area contributed by atoms with Crippen molar-refractivity contribution >= 4 is 11.9 Å². The summed E-state index contributed by atoms with van der Waals surface area (Å²) in [4.78, 5) is 23.9. The summed E-state index contributed by atoms with van der Waals surface area (Å²) in [6.07, 6.45) is 1.75. The van der Waals surface area contributed by atoms with Gasteiger partial charge in [-0.25, -0.2) is 4.79 Å². The SMILES string of the molecule is CCc1ccc(C(=O)OCC(=O)NC(C)(C)CC(C)(C)C)cc1. The van der Waals surface area contributed by atoms with Crippen LogP contribution in [-0.4, -0.2) is 24.0 Å². The van der Waals surface area contributed by atoms with Gasteiger partial charge in [-0.1, -0.05) is 39.8 Å². The molecule has 0 aliphatic carbocycles. The van der Waals surface area contributed by atoms with Crippen LogP contribution in [0.1, 0.15) is 63.9 Å². The number of carbonyl (C=O) groups is 2. The number of carbonyl (C=O) groups excluding carboxylic acids is 2. The lowest BCUT2D eigenvalue weighted by molar-refractivity contribution is -0.126. The standard InChI is InChI=1S/C19H29NO3/c1-7-14-8-10-15(11-9-14)17(22)23-12-16(21)20-19(5,6)13-18(2,3)4/h8-11H,7,12-13H2,1-6H3,(H,20,21). The van der Waals surface area contributed by atoms with Gasteiger partial charge >= 0.3 is 5.97 Å². The number of ether oxygens (including phenoxy) is 1. The van der Waals surface area contributed by atoms with E-state index in [-0.39, 0.29) is 23.5 Å². The maximum absolute atomic E-state index is 12.0. The molecule has 1 N–H and O–H groups in total. The number of hydrogen-bond donors (Lipinski definition) is 1. The molecular formula is C19H29NO3. The molecule has 0 aliphatic rings. The number of benzene rings is 1. The van der Waals surface area contributed by atoms with Gasteiger partial charge in [0.2, 0.25) is 0 Å². The van der Waals surface area contributed by atoms with Crippen molar-refractivity contribution in [2.45, 2.75) is 59.9 Å². The lowest BCUT2D eigenvalue weighted by Gasteiger charge is -2.33. The number of nitrogens with one attached hydrogen (secondary N) is 1. The van der Waals surface area contributed by atoms with Gasteiger partial charge in [-0.05, 0) is 49.8 Å². The summed E-state index contributed by atoms with van der Waals surface area (Å²) < 4.78 is 5.09. The first-order valence-electron chi connectivity index (χ1n) is 8.09. The molecule has 0 aliphatic heterocycles. The van der Waals surface area contributed by atoms with E-state index in [0.717, 1.165) is 18.4 Å². The third-order valence-electron chi connectivity index (χ3n) is 3.38. The third kappa shape index (κ3) is 7.31. The highest BCUT2D eigenvalue weighted by atomic mass is 16.5. The van der Waals surface area contributed by atoms with E-state index in [1.54, 1.807) is 12.1 Å². The second-order valence-electron chi connectivity index (χ2n) is 7.80. The molecule has 0 unspecified atom stereocenters. The third-order valence-corrected chi connectivity index (χ3v) is 3.38. The molecule has 128 valence electrons. The number of hydrogen-bond acceptors (Lipinski definition) is 3. The number of aryl methyl sites for hydroxylation is 1. The predicted octanol–water partition coefficient (Wildman–Crippen LogP) is 3.74. The van der Waals surface area contributed by atoms with Crippen molar-refractivity contribution in [2.24, 2.45) is 5.41 Å². The molecule has 1 rings (SSSR count). The lowest BCUT2D eigenvalue weighted by Crippen LogP contribution is -2.47. The molecule has 0 bridgehead atoms. The maximum Gasteiger partial charge on any atom is 0.338 e. The van der Waals surface area contributed by atoms with Crippen LogP contribution < -0.4 is 5.32 Å². The fourth-order valence-electron chi connectivity index (χ4n) is 2.87. The van der Waals surface area contributed by atoms with Crippen LogP contribution >= 0.6 is 0 Å². The van der Waals surface area contributed by atoms with Crippen LogP contribution in [0.4, 0.5) is 0 Å². The van der Waals surface area contributed by atoms with Crippen molar-refractivity contribution in [1.29, 1.82) is 0 Å². The summed E-state index contributed by atoms with van der Waals surface area (Å²) in [7, 11) is 0. The minimum absolute atomic E-state index is 0.106. The molecule has 1 aromatic carbocycles. The van der Waals surface area contributed by atoms with Gasteiger partial charge in [0, 0.05) is 5.54 Å². The van der Waals surface area contributed by atoms with E-state index in [0.29, 0.717) is 5.56 Å². The van der Waals surface area contributed by atoms with Crippen LogP contribution in [0.2, 0.25) is 0 Å². The summed E-state index contributed by atoms with van der Waals surface area (Å²) in [5.74, 6) is -0.755. The van der Waals surface area contributed by atoms with Crippen molar-refractivity contribution in [3.05, 3.63) is 35.4 Å². The van der Waals surface area contributed by atoms with E-state index in [2.05, 4.69) is 33.0 Å². The predicted molar refractivity (Wildman–Crippen MR) is 92.4 cm³/mol. The van der Waals surface area contributed by atoms with Crippen LogP contribution in [0.3, 0.4) is 0 Å². The molecule has 0 fully saturated rings. The molecule has 1 amide bonds. The van der Waals surface area contributed by atoms with Crippen LogP contribution in [0.25, 0.3) is 0 Å². The summed E-state index contributed by atoms with van der Waals surface area (Å²) in [6, 6.07) is 7.23. The maximum atomic E-state index is 12.0. The number of rotatable bonds is 6. The Morgan fingerprint density at radius 1 is 1.04 bits per heavy atom. The Kier molecular flexibility index (Phi) is 6.37. The van der Waals surface area contributed by atoms with Crippen LogP contribution in [0.15, 0.2) is 24.3 Å². The van der Waals surface area contributed by atoms with Crippen molar-refractivity contribution in [2.75, 3.05) is 6.61 Å². The molecule has 0 spiro atoms. The van der Waals surface area contributed by atoms with E-state index in [1.165, 1.54) is 0 Å². The molecule has 0 saturated carbocycles. The minimum Gasteiger partial charge on any atom is -0.452 e. The first kappa shape index (κ1) is 19.2. The van der Waals surface area contributed by atoms with Crippen LogP contribution in [0, 0.1) is 5.41 Å². The Labute approximate surface area is 139 Å². The molecule has 0 radical (unpaired) electrons. The molecular weight excluding hydrogens is 290 g/mol. The van der Waals surface area contributed by atoms with E-state index >= 15 is 0 Å². The summed E-state index contributed by atoms with van der Waals surface area (Å²) in [5.41, 5.74) is 1.38. The Hall–Kier alpha value is -1.84. The van der Waals surface area contributed by atoms with E-state index < -0.39 is 5.97 Å². The van der Waals surface area contributed by atoms with Crippen molar-refractivity contribution in [3.63, 3.8) is 0 Å². The molecule has 0 aromatic heterocycles. The Bertz CT molecular complexity index is 539. The highest BCUT2D eigenvalue weighted by Gasteiger charge is 2.27. The van der Waals surface area contributed by atoms with Gasteiger partial charge in [0.15, 0.2) is 6.61 Å². The highest BCUT2D eigenvalue weighted by molar-refractivity contribution is 5.91. The smallest absolute Gasteiger partial charge is 0.338 e. The van der Waals surface area contributed by atoms with Gasteiger partial charge in [0.05, 0.1) is 5.56 Å². The van der Waals surface area contributed by atoms with Crippen LogP contribution in [-0.2, 0) is 16.0 Å². The first-order chi connectivity index (χ1) is 10.5. The molecule has 0 saturated heterocycles. The fourth-order valence-corrected chi connectivity index (χ4v) is 2.87. The normalized spacial score (nSPS) is 11.9.